The summed E-state index contributed by atoms with van der Waals surface area (Å²) >= 11 is 1.18. The summed E-state index contributed by atoms with van der Waals surface area (Å²) in [6.07, 6.45) is 1.44. The van der Waals surface area contributed by atoms with Crippen molar-refractivity contribution in [2.45, 2.75) is 30.3 Å². The van der Waals surface area contributed by atoms with Crippen molar-refractivity contribution >= 4 is 27.3 Å². The number of fused-ring (bicyclic) bond motifs is 1. The number of carbonyl (C=O) groups excluding carboxylic acids is 1. The Labute approximate surface area is 157 Å². The van der Waals surface area contributed by atoms with Crippen LogP contribution in [0, 0.1) is 0 Å². The van der Waals surface area contributed by atoms with E-state index in [4.69, 9.17) is 5.73 Å². The Bertz CT molecular complexity index is 939. The topological polar surface area (TPSA) is 83.7 Å². The molecule has 2 aliphatic heterocycles. The molecule has 0 spiro atoms. The van der Waals surface area contributed by atoms with Crippen molar-refractivity contribution in [2.24, 2.45) is 5.73 Å². The minimum atomic E-state index is -3.72. The third kappa shape index (κ3) is 3.07. The predicted octanol–water partition coefficient (Wildman–Crippen LogP) is 1.67. The first kappa shape index (κ1) is 17.7. The predicted molar refractivity (Wildman–Crippen MR) is 101 cm³/mol. The molecule has 2 N–H and O–H groups in total. The standard InChI is InChI=1S/C18H21N3O3S2/c19-15-6-8-20(12-15)18(22)17-16(7-10-25-17)26(23,24)21-9-5-13-3-1-2-4-14(13)11-21/h1-4,7,10,15H,5-6,8-9,11-12,19H2/t15-/m0/s1. The van der Waals surface area contributed by atoms with E-state index in [2.05, 4.69) is 0 Å². The normalized spacial score (nSPS) is 21.0. The van der Waals surface area contributed by atoms with Crippen molar-refractivity contribution in [3.63, 3.8) is 0 Å². The largest absolute Gasteiger partial charge is 0.336 e. The van der Waals surface area contributed by atoms with Gasteiger partial charge in [0.15, 0.2) is 0 Å². The highest BCUT2D eigenvalue weighted by atomic mass is 32.2. The molecule has 0 radical (unpaired) electrons. The Morgan fingerprint density at radius 2 is 1.92 bits per heavy atom. The smallest absolute Gasteiger partial charge is 0.265 e. The molecule has 1 atom stereocenters. The molecule has 1 amide bonds. The Balaban J connectivity index is 1.62. The van der Waals surface area contributed by atoms with Crippen LogP contribution in [0.2, 0.25) is 0 Å². The molecule has 26 heavy (non-hydrogen) atoms. The summed E-state index contributed by atoms with van der Waals surface area (Å²) in [4.78, 5) is 14.9. The molecule has 1 aromatic heterocycles. The van der Waals surface area contributed by atoms with Crippen LogP contribution in [0.4, 0.5) is 0 Å². The van der Waals surface area contributed by atoms with E-state index in [9.17, 15) is 13.2 Å². The van der Waals surface area contributed by atoms with E-state index < -0.39 is 10.0 Å². The molecule has 1 fully saturated rings. The minimum absolute atomic E-state index is 0.0300. The lowest BCUT2D eigenvalue weighted by atomic mass is 10.0. The third-order valence-electron chi connectivity index (χ3n) is 5.05. The second-order valence-electron chi connectivity index (χ2n) is 6.77. The summed E-state index contributed by atoms with van der Waals surface area (Å²) in [5.74, 6) is -0.232. The van der Waals surface area contributed by atoms with Crippen LogP contribution >= 0.6 is 11.3 Å². The van der Waals surface area contributed by atoms with Gasteiger partial charge in [0.1, 0.15) is 9.77 Å². The van der Waals surface area contributed by atoms with E-state index in [1.807, 2.05) is 24.3 Å². The second kappa shape index (κ2) is 6.77. The summed E-state index contributed by atoms with van der Waals surface area (Å²) in [7, 11) is -3.72. The van der Waals surface area contributed by atoms with Gasteiger partial charge in [0.2, 0.25) is 10.0 Å². The molecule has 4 rings (SSSR count). The van der Waals surface area contributed by atoms with Gasteiger partial charge >= 0.3 is 0 Å². The van der Waals surface area contributed by atoms with Crippen LogP contribution in [0.25, 0.3) is 0 Å². The number of nitrogens with two attached hydrogens (primary N) is 1. The fourth-order valence-electron chi connectivity index (χ4n) is 3.59. The Morgan fingerprint density at radius 3 is 2.65 bits per heavy atom. The molecule has 0 aliphatic carbocycles. The van der Waals surface area contributed by atoms with E-state index in [-0.39, 0.29) is 21.7 Å². The van der Waals surface area contributed by atoms with Gasteiger partial charge in [-0.1, -0.05) is 24.3 Å². The van der Waals surface area contributed by atoms with Gasteiger partial charge in [0, 0.05) is 32.2 Å². The number of thiophene rings is 1. The zero-order valence-corrected chi connectivity index (χ0v) is 15.9. The monoisotopic (exact) mass is 391 g/mol. The molecule has 0 unspecified atom stereocenters. The summed E-state index contributed by atoms with van der Waals surface area (Å²) in [6.45, 7) is 1.83. The lowest BCUT2D eigenvalue weighted by Gasteiger charge is -2.28. The van der Waals surface area contributed by atoms with Crippen LogP contribution in [0.1, 0.15) is 27.2 Å². The number of rotatable bonds is 3. The van der Waals surface area contributed by atoms with Crippen LogP contribution < -0.4 is 5.73 Å². The van der Waals surface area contributed by atoms with Crippen molar-refractivity contribution in [3.8, 4) is 0 Å². The fraction of sp³-hybridized carbons (Fsp3) is 0.389. The molecule has 138 valence electrons. The Morgan fingerprint density at radius 1 is 1.15 bits per heavy atom. The van der Waals surface area contributed by atoms with Gasteiger partial charge in [-0.15, -0.1) is 11.3 Å². The molecule has 1 aromatic carbocycles. The van der Waals surface area contributed by atoms with E-state index in [0.717, 1.165) is 12.0 Å². The molecule has 3 heterocycles. The van der Waals surface area contributed by atoms with E-state index in [1.54, 1.807) is 16.3 Å². The zero-order valence-electron chi connectivity index (χ0n) is 14.3. The molecule has 1 saturated heterocycles. The van der Waals surface area contributed by atoms with Gasteiger partial charge < -0.3 is 10.6 Å². The summed E-state index contributed by atoms with van der Waals surface area (Å²) in [6, 6.07) is 9.41. The number of sulfonamides is 1. The van der Waals surface area contributed by atoms with Gasteiger partial charge in [0.25, 0.3) is 5.91 Å². The highest BCUT2D eigenvalue weighted by Crippen LogP contribution is 2.30. The average Bonchev–Trinajstić information content (AvgIpc) is 3.30. The molecule has 6 nitrogen and oxygen atoms in total. The van der Waals surface area contributed by atoms with Crippen molar-refractivity contribution in [2.75, 3.05) is 19.6 Å². The number of carbonyl (C=O) groups is 1. The second-order valence-corrected chi connectivity index (χ2v) is 9.59. The first-order chi connectivity index (χ1) is 12.5. The number of amides is 1. The minimum Gasteiger partial charge on any atom is -0.336 e. The number of benzene rings is 1. The zero-order chi connectivity index (χ0) is 18.3. The molecule has 0 saturated carbocycles. The van der Waals surface area contributed by atoms with E-state index >= 15 is 0 Å². The Hall–Kier alpha value is -1.74. The van der Waals surface area contributed by atoms with Gasteiger partial charge in [-0.3, -0.25) is 4.79 Å². The van der Waals surface area contributed by atoms with Crippen LogP contribution in [0.5, 0.6) is 0 Å². The Kier molecular flexibility index (Phi) is 4.60. The maximum absolute atomic E-state index is 13.2. The van der Waals surface area contributed by atoms with Crippen molar-refractivity contribution in [1.82, 2.24) is 9.21 Å². The molecule has 8 heteroatoms. The first-order valence-electron chi connectivity index (χ1n) is 8.66. The number of hydrogen-bond donors (Lipinski definition) is 1. The number of hydrogen-bond acceptors (Lipinski definition) is 5. The van der Waals surface area contributed by atoms with Crippen LogP contribution in [-0.2, 0) is 23.0 Å². The van der Waals surface area contributed by atoms with Crippen molar-refractivity contribution in [1.29, 1.82) is 0 Å². The molecule has 2 aromatic rings. The lowest BCUT2D eigenvalue weighted by molar-refractivity contribution is 0.0792. The number of nitrogens with zero attached hydrogens (tertiary/aromatic N) is 2. The maximum Gasteiger partial charge on any atom is 0.265 e. The van der Waals surface area contributed by atoms with Gasteiger partial charge in [-0.2, -0.15) is 4.31 Å². The molecule has 2 aliphatic rings. The molecule has 0 bridgehead atoms. The SMILES string of the molecule is N[C@H]1CCN(C(=O)c2sccc2S(=O)(=O)N2CCc3ccccc3C2)C1. The van der Waals surface area contributed by atoms with Crippen molar-refractivity contribution in [3.05, 3.63) is 51.7 Å². The quantitative estimate of drug-likeness (QED) is 0.863. The third-order valence-corrected chi connectivity index (χ3v) is 7.97. The van der Waals surface area contributed by atoms with Gasteiger partial charge in [-0.05, 0) is 35.4 Å². The van der Waals surface area contributed by atoms with Crippen LogP contribution in [-0.4, -0.2) is 49.2 Å². The molecular formula is C18H21N3O3S2. The highest BCUT2D eigenvalue weighted by molar-refractivity contribution is 7.89. The van der Waals surface area contributed by atoms with Gasteiger partial charge in [0.05, 0.1) is 0 Å². The summed E-state index contributed by atoms with van der Waals surface area (Å²) in [5, 5.41) is 1.67. The summed E-state index contributed by atoms with van der Waals surface area (Å²) in [5.41, 5.74) is 8.10. The molecular weight excluding hydrogens is 370 g/mol. The van der Waals surface area contributed by atoms with E-state index in [0.29, 0.717) is 32.6 Å². The average molecular weight is 392 g/mol. The lowest BCUT2D eigenvalue weighted by Crippen LogP contribution is -2.37. The maximum atomic E-state index is 13.2. The number of likely N-dealkylation sites (tertiary alicyclic amines) is 1. The first-order valence-corrected chi connectivity index (χ1v) is 11.0. The highest BCUT2D eigenvalue weighted by Gasteiger charge is 2.34. The summed E-state index contributed by atoms with van der Waals surface area (Å²) < 4.78 is 27.9. The van der Waals surface area contributed by atoms with Gasteiger partial charge in [-0.25, -0.2) is 8.42 Å². The van der Waals surface area contributed by atoms with Crippen molar-refractivity contribution < 1.29 is 13.2 Å². The van der Waals surface area contributed by atoms with Crippen LogP contribution in [0.15, 0.2) is 40.6 Å². The fourth-order valence-corrected chi connectivity index (χ4v) is 6.37. The van der Waals surface area contributed by atoms with Crippen LogP contribution in [0.3, 0.4) is 0 Å². The van der Waals surface area contributed by atoms with E-state index in [1.165, 1.54) is 21.2 Å².